The van der Waals surface area contributed by atoms with Gasteiger partial charge >= 0.3 is 0 Å². The van der Waals surface area contributed by atoms with Crippen molar-refractivity contribution in [1.82, 2.24) is 29.7 Å². The highest BCUT2D eigenvalue weighted by molar-refractivity contribution is 6.35. The summed E-state index contributed by atoms with van der Waals surface area (Å²) in [5, 5.41) is 16.4. The van der Waals surface area contributed by atoms with Crippen molar-refractivity contribution in [1.29, 1.82) is 0 Å². The molecule has 1 saturated heterocycles. The highest BCUT2D eigenvalue weighted by Gasteiger charge is 2.36. The fourth-order valence-corrected chi connectivity index (χ4v) is 6.90. The molecule has 2 aromatic heterocycles. The quantitative estimate of drug-likeness (QED) is 0.154. The number of likely N-dealkylation sites (N-methyl/N-ethyl adjacent to an activating group) is 1. The van der Waals surface area contributed by atoms with E-state index in [0.717, 1.165) is 17.5 Å². The first-order valence-corrected chi connectivity index (χ1v) is 18.1. The van der Waals surface area contributed by atoms with Gasteiger partial charge in [-0.1, -0.05) is 48.0 Å². The maximum absolute atomic E-state index is 14.0. The van der Waals surface area contributed by atoms with E-state index in [2.05, 4.69) is 15.3 Å². The van der Waals surface area contributed by atoms with Gasteiger partial charge in [-0.15, -0.1) is 0 Å². The van der Waals surface area contributed by atoms with Crippen molar-refractivity contribution in [2.45, 2.75) is 44.2 Å². The Hall–Kier alpha value is -4.84. The van der Waals surface area contributed by atoms with Gasteiger partial charge in [0.25, 0.3) is 11.5 Å². The lowest BCUT2D eigenvalue weighted by Gasteiger charge is -2.39. The number of carbonyl (C=O) groups is 2. The minimum atomic E-state index is -1.17. The summed E-state index contributed by atoms with van der Waals surface area (Å²) in [6, 6.07) is 22.2. The Kier molecular flexibility index (Phi) is 11.8. The summed E-state index contributed by atoms with van der Waals surface area (Å²) in [4.78, 5) is 53.0. The fraction of sp³-hybridized carbons (Fsp3) is 0.375. The summed E-state index contributed by atoms with van der Waals surface area (Å²) in [7, 11) is 3.93. The Morgan fingerprint density at radius 3 is 2.56 bits per heavy atom. The summed E-state index contributed by atoms with van der Waals surface area (Å²) >= 11 is 6.25. The Morgan fingerprint density at radius 1 is 1.00 bits per heavy atom. The van der Waals surface area contributed by atoms with Crippen molar-refractivity contribution >= 4 is 45.2 Å². The first kappa shape index (κ1) is 36.9. The molecule has 0 radical (unpaired) electrons. The highest BCUT2D eigenvalue weighted by atomic mass is 35.5. The van der Waals surface area contributed by atoms with Crippen LogP contribution in [0, 0.1) is 5.92 Å². The lowest BCUT2D eigenvalue weighted by atomic mass is 9.88. The average Bonchev–Trinajstić information content (AvgIpc) is 3.14. The Bertz CT molecular complexity index is 2080. The van der Waals surface area contributed by atoms with E-state index >= 15 is 0 Å². The molecule has 6 rings (SSSR count). The Balaban J connectivity index is 1.06. The third-order valence-corrected chi connectivity index (χ3v) is 10.0. The fourth-order valence-electron chi connectivity index (χ4n) is 6.68. The van der Waals surface area contributed by atoms with Crippen LogP contribution in [-0.4, -0.2) is 93.7 Å². The molecule has 1 aliphatic heterocycles. The predicted molar refractivity (Wildman–Crippen MR) is 203 cm³/mol. The van der Waals surface area contributed by atoms with Crippen molar-refractivity contribution in [2.75, 3.05) is 46.9 Å². The Labute approximate surface area is 308 Å². The second kappa shape index (κ2) is 16.7. The van der Waals surface area contributed by atoms with Crippen LogP contribution in [0.2, 0.25) is 5.02 Å². The second-order valence-electron chi connectivity index (χ2n) is 13.9. The maximum atomic E-state index is 14.0. The smallest absolute Gasteiger partial charge is 0.261 e. The van der Waals surface area contributed by atoms with Crippen LogP contribution in [0.4, 0.5) is 0 Å². The first-order chi connectivity index (χ1) is 25.1. The van der Waals surface area contributed by atoms with E-state index in [-0.39, 0.29) is 29.8 Å². The highest BCUT2D eigenvalue weighted by Crippen LogP contribution is 2.27. The Morgan fingerprint density at radius 2 is 1.79 bits per heavy atom. The molecule has 3 heterocycles. The molecule has 1 fully saturated rings. The van der Waals surface area contributed by atoms with Crippen molar-refractivity contribution in [3.05, 3.63) is 112 Å². The van der Waals surface area contributed by atoms with Crippen LogP contribution in [0.5, 0.6) is 5.75 Å². The number of nitrogens with zero attached hydrogens (tertiary/aromatic N) is 5. The zero-order chi connectivity index (χ0) is 36.7. The summed E-state index contributed by atoms with van der Waals surface area (Å²) < 4.78 is 7.29. The minimum Gasteiger partial charge on any atom is -0.492 e. The number of halogens is 1. The number of nitrogens with one attached hydrogen (secondary N) is 1. The average molecular weight is 725 g/mol. The van der Waals surface area contributed by atoms with E-state index in [4.69, 9.17) is 16.3 Å². The van der Waals surface area contributed by atoms with Crippen LogP contribution in [0.1, 0.15) is 41.6 Å². The molecule has 11 nitrogen and oxygen atoms in total. The molecule has 0 bridgehead atoms. The third-order valence-electron chi connectivity index (χ3n) is 9.71. The predicted octanol–water partition coefficient (Wildman–Crippen LogP) is 4.96. The van der Waals surface area contributed by atoms with Gasteiger partial charge in [-0.05, 0) is 88.2 Å². The van der Waals surface area contributed by atoms with Gasteiger partial charge in [0.1, 0.15) is 12.4 Å². The lowest BCUT2D eigenvalue weighted by Crippen LogP contribution is -2.51. The molecule has 2 amide bonds. The molecule has 3 aromatic carbocycles. The summed E-state index contributed by atoms with van der Waals surface area (Å²) in [6.07, 6.45) is 5.53. The number of likely N-dealkylation sites (tertiary alicyclic amines) is 1. The van der Waals surface area contributed by atoms with Gasteiger partial charge in [-0.2, -0.15) is 0 Å². The van der Waals surface area contributed by atoms with Gasteiger partial charge in [0.15, 0.2) is 0 Å². The second-order valence-corrected chi connectivity index (χ2v) is 14.3. The molecule has 0 aliphatic carbocycles. The number of hydrogen-bond acceptors (Lipinski definition) is 8. The molecule has 52 heavy (non-hydrogen) atoms. The van der Waals surface area contributed by atoms with E-state index in [1.165, 1.54) is 10.9 Å². The zero-order valence-electron chi connectivity index (χ0n) is 29.6. The standard InChI is InChI=1S/C40H45ClN6O5/c1-45(2)21-22-52-31-11-13-35-33(25-31)39(50)47(27-44-35)26-40(51)15-19-46(20-16-40)38(49)30(23-28-7-4-3-5-8-28)9-6-17-43-37(48)29-10-12-32-34(41)14-18-42-36(32)24-29/h3-5,7-8,10-14,18,24-25,27,30,51H,6,9,15-17,19-23,26H2,1-2H3,(H,43,48). The largest absolute Gasteiger partial charge is 0.492 e. The number of amides is 2. The number of piperidine rings is 1. The van der Waals surface area contributed by atoms with E-state index < -0.39 is 5.60 Å². The van der Waals surface area contributed by atoms with Crippen LogP contribution >= 0.6 is 11.6 Å². The molecule has 12 heteroatoms. The zero-order valence-corrected chi connectivity index (χ0v) is 30.4. The van der Waals surface area contributed by atoms with E-state index in [1.54, 1.807) is 48.7 Å². The van der Waals surface area contributed by atoms with Crippen LogP contribution < -0.4 is 15.6 Å². The van der Waals surface area contributed by atoms with Gasteiger partial charge in [-0.3, -0.25) is 23.9 Å². The van der Waals surface area contributed by atoms with Crippen LogP contribution in [0.15, 0.2) is 90.1 Å². The SMILES string of the molecule is CN(C)CCOc1ccc2ncn(CC3(O)CCN(C(=O)C(CCCNC(=O)c4ccc5c(Cl)ccnc5c4)Cc4ccccc4)CC3)c(=O)c2c1. The van der Waals surface area contributed by atoms with Crippen LogP contribution in [-0.2, 0) is 17.8 Å². The number of fused-ring (bicyclic) bond motifs is 2. The number of rotatable bonds is 14. The molecule has 1 atom stereocenters. The third kappa shape index (κ3) is 9.14. The number of aliphatic hydroxyl groups is 1. The number of benzene rings is 3. The molecular weight excluding hydrogens is 680 g/mol. The molecule has 272 valence electrons. The van der Waals surface area contributed by atoms with Gasteiger partial charge in [0.05, 0.1) is 39.9 Å². The van der Waals surface area contributed by atoms with Crippen LogP contribution in [0.25, 0.3) is 21.8 Å². The minimum absolute atomic E-state index is 0.0287. The summed E-state index contributed by atoms with van der Waals surface area (Å²) in [6.45, 7) is 2.47. The monoisotopic (exact) mass is 724 g/mol. The molecule has 0 saturated carbocycles. The number of hydrogen-bond donors (Lipinski definition) is 2. The van der Waals surface area contributed by atoms with Crippen LogP contribution in [0.3, 0.4) is 0 Å². The molecule has 1 aliphatic rings. The van der Waals surface area contributed by atoms with Gasteiger partial charge < -0.3 is 25.0 Å². The molecular formula is C40H45ClN6O5. The molecule has 0 spiro atoms. The van der Waals surface area contributed by atoms with Gasteiger partial charge in [-0.25, -0.2) is 4.98 Å². The van der Waals surface area contributed by atoms with Gasteiger partial charge in [0.2, 0.25) is 5.91 Å². The van der Waals surface area contributed by atoms with E-state index in [9.17, 15) is 19.5 Å². The molecule has 5 aromatic rings. The normalized spacial score (nSPS) is 14.8. The first-order valence-electron chi connectivity index (χ1n) is 17.7. The number of aromatic nitrogens is 3. The van der Waals surface area contributed by atoms with Crippen molar-refractivity contribution in [3.8, 4) is 5.75 Å². The molecule has 2 N–H and O–H groups in total. The summed E-state index contributed by atoms with van der Waals surface area (Å²) in [5.41, 5.74) is 1.36. The van der Waals surface area contributed by atoms with E-state index in [0.29, 0.717) is 91.1 Å². The number of carbonyl (C=O) groups excluding carboxylic acids is 2. The number of ether oxygens (including phenoxy) is 1. The van der Waals surface area contributed by atoms with Crippen molar-refractivity contribution in [3.63, 3.8) is 0 Å². The maximum Gasteiger partial charge on any atom is 0.261 e. The van der Waals surface area contributed by atoms with Crippen molar-refractivity contribution in [2.24, 2.45) is 5.92 Å². The topological polar surface area (TPSA) is 130 Å². The molecule has 1 unspecified atom stereocenters. The summed E-state index contributed by atoms with van der Waals surface area (Å²) in [5.74, 6) is 0.122. The van der Waals surface area contributed by atoms with Gasteiger partial charge in [0, 0.05) is 49.2 Å². The number of pyridine rings is 1. The van der Waals surface area contributed by atoms with Crippen molar-refractivity contribution < 1.29 is 19.4 Å². The lowest BCUT2D eigenvalue weighted by molar-refractivity contribution is -0.140. The van der Waals surface area contributed by atoms with E-state index in [1.807, 2.05) is 54.2 Å².